The van der Waals surface area contributed by atoms with Crippen molar-refractivity contribution in [3.05, 3.63) is 125 Å². The molecule has 3 aromatic carbocycles. The van der Waals surface area contributed by atoms with Crippen molar-refractivity contribution in [2.45, 2.75) is 84.1 Å². The molecule has 0 aliphatic rings. The monoisotopic (exact) mass is 478 g/mol. The van der Waals surface area contributed by atoms with E-state index < -0.39 is 5.54 Å². The molecular weight excluding hydrogens is 436 g/mol. The summed E-state index contributed by atoms with van der Waals surface area (Å²) in [5, 5.41) is 0. The van der Waals surface area contributed by atoms with E-state index in [1.807, 2.05) is 12.5 Å². The lowest BCUT2D eigenvalue weighted by atomic mass is 9.72. The first-order valence-corrected chi connectivity index (χ1v) is 13.1. The van der Waals surface area contributed by atoms with Crippen molar-refractivity contribution >= 4 is 0 Å². The zero-order valence-corrected chi connectivity index (χ0v) is 23.6. The fourth-order valence-corrected chi connectivity index (χ4v) is 5.04. The van der Waals surface area contributed by atoms with Gasteiger partial charge >= 0.3 is 0 Å². The molecule has 0 N–H and O–H groups in total. The fourth-order valence-electron chi connectivity index (χ4n) is 5.04. The van der Waals surface area contributed by atoms with Crippen LogP contribution in [-0.2, 0) is 21.8 Å². The average Bonchev–Trinajstić information content (AvgIpc) is 3.34. The SMILES string of the molecule is CC(C)(C)c1cccc(C(c2cccc(C(C)(C)C)c2)(c2cccc(C(C)(C)C)c2)n2ccnc2)c1. The maximum Gasteiger partial charge on any atom is 0.121 e. The molecule has 0 saturated carbocycles. The molecule has 0 spiro atoms. The average molecular weight is 479 g/mol. The molecule has 1 heterocycles. The Morgan fingerprint density at radius 3 is 1.11 bits per heavy atom. The molecule has 0 saturated heterocycles. The minimum Gasteiger partial charge on any atom is -0.319 e. The summed E-state index contributed by atoms with van der Waals surface area (Å²) < 4.78 is 2.29. The highest BCUT2D eigenvalue weighted by Gasteiger charge is 2.40. The van der Waals surface area contributed by atoms with Crippen LogP contribution < -0.4 is 0 Å². The molecule has 0 amide bonds. The molecule has 0 fully saturated rings. The Balaban J connectivity index is 2.17. The van der Waals surface area contributed by atoms with Crippen LogP contribution in [0, 0.1) is 0 Å². The third kappa shape index (κ3) is 4.78. The number of imidazole rings is 1. The zero-order valence-electron chi connectivity index (χ0n) is 23.6. The van der Waals surface area contributed by atoms with Crippen LogP contribution in [0.1, 0.15) is 95.7 Å². The first-order valence-electron chi connectivity index (χ1n) is 13.1. The van der Waals surface area contributed by atoms with Crippen molar-refractivity contribution in [3.8, 4) is 0 Å². The lowest BCUT2D eigenvalue weighted by Crippen LogP contribution is -2.38. The summed E-state index contributed by atoms with van der Waals surface area (Å²) in [4.78, 5) is 4.54. The standard InChI is InChI=1S/C34H42N2/c1-31(2,3)25-13-10-16-28(21-25)34(36-20-19-35-24-36,29-17-11-14-26(22-29)32(4,5)6)30-18-12-15-27(23-30)33(7,8)9/h10-24H,1-9H3. The molecule has 4 aromatic rings. The minimum atomic E-state index is -0.569. The number of aromatic nitrogens is 2. The van der Waals surface area contributed by atoms with Gasteiger partial charge in [0.1, 0.15) is 5.54 Å². The van der Waals surface area contributed by atoms with Gasteiger partial charge in [0.25, 0.3) is 0 Å². The molecule has 1 aromatic heterocycles. The van der Waals surface area contributed by atoms with Crippen molar-refractivity contribution < 1.29 is 0 Å². The molecule has 0 bridgehead atoms. The molecule has 188 valence electrons. The van der Waals surface area contributed by atoms with Gasteiger partial charge in [-0.3, -0.25) is 0 Å². The van der Waals surface area contributed by atoms with E-state index in [0.717, 1.165) is 0 Å². The smallest absolute Gasteiger partial charge is 0.121 e. The van der Waals surface area contributed by atoms with E-state index in [1.165, 1.54) is 33.4 Å². The van der Waals surface area contributed by atoms with Crippen LogP contribution in [0.3, 0.4) is 0 Å². The quantitative estimate of drug-likeness (QED) is 0.268. The Kier molecular flexibility index (Phi) is 6.54. The highest BCUT2D eigenvalue weighted by molar-refractivity contribution is 5.54. The van der Waals surface area contributed by atoms with Crippen LogP contribution in [0.25, 0.3) is 0 Å². The van der Waals surface area contributed by atoms with Crippen LogP contribution >= 0.6 is 0 Å². The molecule has 2 nitrogen and oxygen atoms in total. The second-order valence-electron chi connectivity index (χ2n) is 13.2. The Hall–Kier alpha value is -3.13. The van der Waals surface area contributed by atoms with Gasteiger partial charge in [0.2, 0.25) is 0 Å². The molecular formula is C34H42N2. The van der Waals surface area contributed by atoms with Gasteiger partial charge in [-0.05, 0) is 49.6 Å². The summed E-state index contributed by atoms with van der Waals surface area (Å²) in [6, 6.07) is 27.4. The maximum atomic E-state index is 4.54. The first-order chi connectivity index (χ1) is 16.7. The van der Waals surface area contributed by atoms with E-state index in [-0.39, 0.29) is 16.2 Å². The molecule has 4 rings (SSSR count). The van der Waals surface area contributed by atoms with Crippen molar-refractivity contribution in [1.29, 1.82) is 0 Å². The van der Waals surface area contributed by atoms with Gasteiger partial charge in [-0.15, -0.1) is 0 Å². The zero-order chi connectivity index (χ0) is 26.4. The first kappa shape index (κ1) is 25.9. The van der Waals surface area contributed by atoms with E-state index in [1.54, 1.807) is 0 Å². The van der Waals surface area contributed by atoms with Crippen molar-refractivity contribution in [2.24, 2.45) is 0 Å². The number of benzene rings is 3. The molecule has 36 heavy (non-hydrogen) atoms. The fraction of sp³-hybridized carbons (Fsp3) is 0.382. The van der Waals surface area contributed by atoms with Gasteiger partial charge in [-0.2, -0.15) is 0 Å². The second kappa shape index (κ2) is 9.07. The van der Waals surface area contributed by atoms with Crippen molar-refractivity contribution in [3.63, 3.8) is 0 Å². The summed E-state index contributed by atoms with van der Waals surface area (Å²) in [6.07, 6.45) is 5.97. The van der Waals surface area contributed by atoms with Gasteiger partial charge in [0.05, 0.1) is 6.33 Å². The van der Waals surface area contributed by atoms with Crippen LogP contribution in [0.4, 0.5) is 0 Å². The molecule has 0 atom stereocenters. The molecule has 2 heteroatoms. The normalized spacial score (nSPS) is 13.1. The highest BCUT2D eigenvalue weighted by atomic mass is 15.1. The predicted octanol–water partition coefficient (Wildman–Crippen LogP) is 8.62. The Bertz CT molecular complexity index is 1180. The lowest BCUT2D eigenvalue weighted by molar-refractivity contribution is 0.503. The Morgan fingerprint density at radius 1 is 0.500 bits per heavy atom. The van der Waals surface area contributed by atoms with E-state index in [0.29, 0.717) is 0 Å². The number of hydrogen-bond donors (Lipinski definition) is 0. The van der Waals surface area contributed by atoms with Crippen molar-refractivity contribution in [1.82, 2.24) is 9.55 Å². The van der Waals surface area contributed by atoms with Gasteiger partial charge in [0.15, 0.2) is 0 Å². The highest BCUT2D eigenvalue weighted by Crippen LogP contribution is 2.44. The molecule has 0 aliphatic carbocycles. The van der Waals surface area contributed by atoms with E-state index in [2.05, 4.69) is 151 Å². The maximum absolute atomic E-state index is 4.54. The van der Waals surface area contributed by atoms with Gasteiger partial charge in [-0.1, -0.05) is 135 Å². The molecule has 0 aliphatic heterocycles. The number of nitrogens with zero attached hydrogens (tertiary/aromatic N) is 2. The molecule has 0 unspecified atom stereocenters. The van der Waals surface area contributed by atoms with Gasteiger partial charge in [0, 0.05) is 12.4 Å². The van der Waals surface area contributed by atoms with Gasteiger partial charge in [-0.25, -0.2) is 4.98 Å². The second-order valence-corrected chi connectivity index (χ2v) is 13.2. The summed E-state index contributed by atoms with van der Waals surface area (Å²) in [5.41, 5.74) is 7.24. The van der Waals surface area contributed by atoms with Gasteiger partial charge < -0.3 is 4.57 Å². The third-order valence-corrected chi connectivity index (χ3v) is 7.33. The minimum absolute atomic E-state index is 0.0389. The Labute approximate surface area is 218 Å². The van der Waals surface area contributed by atoms with E-state index in [9.17, 15) is 0 Å². The largest absolute Gasteiger partial charge is 0.319 e. The number of rotatable bonds is 4. The van der Waals surface area contributed by atoms with Crippen molar-refractivity contribution in [2.75, 3.05) is 0 Å². The predicted molar refractivity (Wildman–Crippen MR) is 153 cm³/mol. The van der Waals surface area contributed by atoms with Crippen LogP contribution in [-0.4, -0.2) is 9.55 Å². The lowest BCUT2D eigenvalue weighted by Gasteiger charge is -2.39. The van der Waals surface area contributed by atoms with Crippen LogP contribution in [0.5, 0.6) is 0 Å². The summed E-state index contributed by atoms with van der Waals surface area (Å²) >= 11 is 0. The van der Waals surface area contributed by atoms with Crippen LogP contribution in [0.15, 0.2) is 91.5 Å². The number of hydrogen-bond acceptors (Lipinski definition) is 1. The van der Waals surface area contributed by atoms with E-state index in [4.69, 9.17) is 0 Å². The topological polar surface area (TPSA) is 17.8 Å². The summed E-state index contributed by atoms with van der Waals surface area (Å²) in [7, 11) is 0. The van der Waals surface area contributed by atoms with E-state index >= 15 is 0 Å². The summed E-state index contributed by atoms with van der Waals surface area (Å²) in [5.74, 6) is 0. The Morgan fingerprint density at radius 2 is 0.833 bits per heavy atom. The van der Waals surface area contributed by atoms with Crippen LogP contribution in [0.2, 0.25) is 0 Å². The third-order valence-electron chi connectivity index (χ3n) is 7.33. The molecule has 0 radical (unpaired) electrons. The summed E-state index contributed by atoms with van der Waals surface area (Å²) in [6.45, 7) is 20.5.